The number of aromatic nitrogens is 1. The van der Waals surface area contributed by atoms with Gasteiger partial charge in [-0.05, 0) is 18.8 Å². The Kier molecular flexibility index (Phi) is 4.09. The van der Waals surface area contributed by atoms with Gasteiger partial charge >= 0.3 is 0 Å². The van der Waals surface area contributed by atoms with E-state index in [-0.39, 0.29) is 22.7 Å². The van der Waals surface area contributed by atoms with Crippen molar-refractivity contribution in [3.05, 3.63) is 28.1 Å². The lowest BCUT2D eigenvalue weighted by molar-refractivity contribution is -0.384. The summed E-state index contributed by atoms with van der Waals surface area (Å²) in [5, 5.41) is 13.6. The molecule has 0 aromatic carbocycles. The minimum atomic E-state index is -0.511. The molecule has 1 fully saturated rings. The molecular weight excluding hydrogens is 270 g/mol. The SMILES string of the molecule is Cn1cc([N+](=O)[O-])cc1C(=O)NCC1CCCC1Cl. The van der Waals surface area contributed by atoms with Gasteiger partial charge in [0, 0.05) is 25.0 Å². The molecule has 1 aromatic rings. The zero-order valence-electron chi connectivity index (χ0n) is 10.6. The number of aryl methyl sites for hydroxylation is 1. The highest BCUT2D eigenvalue weighted by molar-refractivity contribution is 6.21. The number of hydrogen-bond donors (Lipinski definition) is 1. The number of rotatable bonds is 4. The Morgan fingerprint density at radius 2 is 2.37 bits per heavy atom. The monoisotopic (exact) mass is 285 g/mol. The summed E-state index contributed by atoms with van der Waals surface area (Å²) in [4.78, 5) is 22.1. The van der Waals surface area contributed by atoms with E-state index >= 15 is 0 Å². The van der Waals surface area contributed by atoms with Crippen LogP contribution in [0.25, 0.3) is 0 Å². The summed E-state index contributed by atoms with van der Waals surface area (Å²) in [7, 11) is 1.61. The molecule has 104 valence electrons. The molecule has 2 unspecified atom stereocenters. The van der Waals surface area contributed by atoms with Crippen LogP contribution in [-0.2, 0) is 7.05 Å². The third-order valence-corrected chi connectivity index (χ3v) is 4.10. The fourth-order valence-corrected chi connectivity index (χ4v) is 2.78. The second-order valence-corrected chi connectivity index (χ2v) is 5.43. The number of amides is 1. The maximum Gasteiger partial charge on any atom is 0.287 e. The summed E-state index contributed by atoms with van der Waals surface area (Å²) in [6.45, 7) is 0.520. The molecule has 1 N–H and O–H groups in total. The van der Waals surface area contributed by atoms with Crippen molar-refractivity contribution in [1.29, 1.82) is 0 Å². The minimum Gasteiger partial charge on any atom is -0.350 e. The summed E-state index contributed by atoms with van der Waals surface area (Å²) < 4.78 is 1.46. The number of carbonyl (C=O) groups excluding carboxylic acids is 1. The minimum absolute atomic E-state index is 0.0799. The molecule has 6 nitrogen and oxygen atoms in total. The van der Waals surface area contributed by atoms with Crippen molar-refractivity contribution in [3.63, 3.8) is 0 Å². The molecule has 0 spiro atoms. The van der Waals surface area contributed by atoms with E-state index in [1.54, 1.807) is 7.05 Å². The van der Waals surface area contributed by atoms with Crippen LogP contribution in [0, 0.1) is 16.0 Å². The molecule has 1 heterocycles. The molecule has 2 atom stereocenters. The van der Waals surface area contributed by atoms with E-state index in [1.165, 1.54) is 16.8 Å². The Bertz CT molecular complexity index is 500. The van der Waals surface area contributed by atoms with Crippen LogP contribution < -0.4 is 5.32 Å². The van der Waals surface area contributed by atoms with Gasteiger partial charge in [0.25, 0.3) is 11.6 Å². The van der Waals surface area contributed by atoms with Gasteiger partial charge in [-0.2, -0.15) is 0 Å². The maximum absolute atomic E-state index is 12.0. The molecule has 0 radical (unpaired) electrons. The number of halogens is 1. The Labute approximate surface area is 115 Å². The standard InChI is InChI=1S/C12H16ClN3O3/c1-15-7-9(16(18)19)5-11(15)12(17)14-6-8-3-2-4-10(8)13/h5,7-8,10H,2-4,6H2,1H3,(H,14,17). The molecule has 0 saturated heterocycles. The van der Waals surface area contributed by atoms with Crippen LogP contribution in [0.5, 0.6) is 0 Å². The molecule has 1 aromatic heterocycles. The number of alkyl halides is 1. The van der Waals surface area contributed by atoms with Gasteiger partial charge in [0.15, 0.2) is 0 Å². The number of carbonyl (C=O) groups is 1. The maximum atomic E-state index is 12.0. The van der Waals surface area contributed by atoms with Gasteiger partial charge in [-0.1, -0.05) is 6.42 Å². The topological polar surface area (TPSA) is 77.2 Å². The Morgan fingerprint density at radius 1 is 1.63 bits per heavy atom. The van der Waals surface area contributed by atoms with Gasteiger partial charge < -0.3 is 9.88 Å². The van der Waals surface area contributed by atoms with Crippen molar-refractivity contribution in [1.82, 2.24) is 9.88 Å². The summed E-state index contributed by atoms with van der Waals surface area (Å²) in [6.07, 6.45) is 4.42. The third-order valence-electron chi connectivity index (χ3n) is 3.53. The molecule has 0 aliphatic heterocycles. The van der Waals surface area contributed by atoms with Crippen LogP contribution in [0.15, 0.2) is 12.3 Å². The van der Waals surface area contributed by atoms with Crippen LogP contribution in [0.1, 0.15) is 29.8 Å². The van der Waals surface area contributed by atoms with E-state index in [0.717, 1.165) is 19.3 Å². The lowest BCUT2D eigenvalue weighted by Crippen LogP contribution is -2.32. The average molecular weight is 286 g/mol. The lowest BCUT2D eigenvalue weighted by Gasteiger charge is -2.14. The molecule has 19 heavy (non-hydrogen) atoms. The largest absolute Gasteiger partial charge is 0.350 e. The normalized spacial score (nSPS) is 22.4. The van der Waals surface area contributed by atoms with Gasteiger partial charge in [-0.3, -0.25) is 14.9 Å². The lowest BCUT2D eigenvalue weighted by atomic mass is 10.1. The zero-order chi connectivity index (χ0) is 14.0. The molecule has 1 amide bonds. The van der Waals surface area contributed by atoms with Gasteiger partial charge in [0.05, 0.1) is 11.1 Å². The first kappa shape index (κ1) is 13.9. The molecule has 1 aliphatic carbocycles. The molecule has 1 aliphatic rings. The smallest absolute Gasteiger partial charge is 0.287 e. The van der Waals surface area contributed by atoms with E-state index in [4.69, 9.17) is 11.6 Å². The molecule has 2 rings (SSSR count). The van der Waals surface area contributed by atoms with Crippen LogP contribution in [0.2, 0.25) is 0 Å². The zero-order valence-corrected chi connectivity index (χ0v) is 11.4. The highest BCUT2D eigenvalue weighted by Gasteiger charge is 2.26. The summed E-state index contributed by atoms with van der Waals surface area (Å²) in [5.41, 5.74) is 0.208. The van der Waals surface area contributed by atoms with E-state index in [9.17, 15) is 14.9 Å². The van der Waals surface area contributed by atoms with Crippen molar-refractivity contribution >= 4 is 23.2 Å². The van der Waals surface area contributed by atoms with Crippen molar-refractivity contribution in [2.45, 2.75) is 24.6 Å². The van der Waals surface area contributed by atoms with Gasteiger partial charge in [-0.25, -0.2) is 0 Å². The fourth-order valence-electron chi connectivity index (χ4n) is 2.41. The van der Waals surface area contributed by atoms with E-state index in [1.807, 2.05) is 0 Å². The number of nitrogens with one attached hydrogen (secondary N) is 1. The second-order valence-electron chi connectivity index (χ2n) is 4.87. The van der Waals surface area contributed by atoms with Gasteiger partial charge in [0.1, 0.15) is 5.69 Å². The quantitative estimate of drug-likeness (QED) is 0.523. The summed E-state index contributed by atoms with van der Waals surface area (Å²) in [6, 6.07) is 1.28. The second kappa shape index (κ2) is 5.61. The number of nitro groups is 1. The first-order chi connectivity index (χ1) is 8.99. The number of hydrogen-bond acceptors (Lipinski definition) is 3. The number of nitrogens with zero attached hydrogens (tertiary/aromatic N) is 2. The van der Waals surface area contributed by atoms with Crippen molar-refractivity contribution in [2.24, 2.45) is 13.0 Å². The van der Waals surface area contributed by atoms with Gasteiger partial charge in [0.2, 0.25) is 0 Å². The average Bonchev–Trinajstić information content (AvgIpc) is 2.93. The fraction of sp³-hybridized carbons (Fsp3) is 0.583. The van der Waals surface area contributed by atoms with Crippen molar-refractivity contribution < 1.29 is 9.72 Å². The predicted octanol–water partition coefficient (Wildman–Crippen LogP) is 2.07. The van der Waals surface area contributed by atoms with Crippen LogP contribution in [-0.4, -0.2) is 27.3 Å². The van der Waals surface area contributed by atoms with E-state index < -0.39 is 4.92 Å². The van der Waals surface area contributed by atoms with E-state index in [0.29, 0.717) is 12.5 Å². The summed E-state index contributed by atoms with van der Waals surface area (Å²) in [5.74, 6) is -0.00719. The van der Waals surface area contributed by atoms with Crippen molar-refractivity contribution in [3.8, 4) is 0 Å². The third kappa shape index (κ3) is 3.07. The van der Waals surface area contributed by atoms with Crippen LogP contribution in [0.3, 0.4) is 0 Å². The van der Waals surface area contributed by atoms with Gasteiger partial charge in [-0.15, -0.1) is 11.6 Å². The summed E-state index contributed by atoms with van der Waals surface area (Å²) >= 11 is 6.14. The Morgan fingerprint density at radius 3 is 2.89 bits per heavy atom. The Balaban J connectivity index is 1.98. The highest BCUT2D eigenvalue weighted by Crippen LogP contribution is 2.29. The highest BCUT2D eigenvalue weighted by atomic mass is 35.5. The van der Waals surface area contributed by atoms with E-state index in [2.05, 4.69) is 5.32 Å². The van der Waals surface area contributed by atoms with Crippen LogP contribution >= 0.6 is 11.6 Å². The van der Waals surface area contributed by atoms with Crippen LogP contribution in [0.4, 0.5) is 5.69 Å². The van der Waals surface area contributed by atoms with Crippen molar-refractivity contribution in [2.75, 3.05) is 6.54 Å². The first-order valence-electron chi connectivity index (χ1n) is 6.22. The predicted molar refractivity (Wildman–Crippen MR) is 71.4 cm³/mol. The first-order valence-corrected chi connectivity index (χ1v) is 6.65. The molecular formula is C12H16ClN3O3. The molecule has 7 heteroatoms. The Hall–Kier alpha value is -1.56. The molecule has 1 saturated carbocycles. The molecule has 0 bridgehead atoms.